The molecule has 2 nitrogen and oxygen atoms in total. The first kappa shape index (κ1) is 17.3. The molecule has 0 unspecified atom stereocenters. The van der Waals surface area contributed by atoms with E-state index in [4.69, 9.17) is 4.98 Å². The first-order valence-corrected chi connectivity index (χ1v) is 10.2. The number of fused-ring (bicyclic) bond motifs is 1. The van der Waals surface area contributed by atoms with Crippen LogP contribution in [0.1, 0.15) is 73.1 Å². The Bertz CT molecular complexity index is 625. The summed E-state index contributed by atoms with van der Waals surface area (Å²) >= 11 is 1.80. The molecule has 1 heterocycles. The highest BCUT2D eigenvalue weighted by Crippen LogP contribution is 2.29. The van der Waals surface area contributed by atoms with Crippen molar-refractivity contribution in [2.24, 2.45) is 4.99 Å². The lowest BCUT2D eigenvalue weighted by atomic mass is 10.0. The highest BCUT2D eigenvalue weighted by Gasteiger charge is 2.11. The van der Waals surface area contributed by atoms with Crippen LogP contribution in [-0.2, 0) is 12.8 Å². The van der Waals surface area contributed by atoms with Crippen LogP contribution in [0.5, 0.6) is 0 Å². The van der Waals surface area contributed by atoms with Gasteiger partial charge in [-0.2, -0.15) is 0 Å². The second-order valence-electron chi connectivity index (χ2n) is 6.86. The van der Waals surface area contributed by atoms with E-state index >= 15 is 0 Å². The van der Waals surface area contributed by atoms with E-state index < -0.39 is 0 Å². The van der Waals surface area contributed by atoms with Crippen LogP contribution in [0.3, 0.4) is 0 Å². The standard InChI is InChI=1S/C21H28N2S/c1-17-12-14-18(15-13-17)16-22-21-23-19-10-8-6-4-2-3-5-7-9-11-20(19)24-21/h12-16H,2-11H2,1H3. The molecular weight excluding hydrogens is 312 g/mol. The minimum Gasteiger partial charge on any atom is -0.227 e. The van der Waals surface area contributed by atoms with Crippen molar-refractivity contribution in [3.05, 3.63) is 46.0 Å². The normalized spacial score (nSPS) is 17.2. The van der Waals surface area contributed by atoms with Crippen LogP contribution in [0.2, 0.25) is 0 Å². The van der Waals surface area contributed by atoms with E-state index in [1.54, 1.807) is 11.3 Å². The van der Waals surface area contributed by atoms with Crippen LogP contribution >= 0.6 is 11.3 Å². The third-order valence-electron chi connectivity index (χ3n) is 4.74. The third kappa shape index (κ3) is 5.27. The molecule has 0 fully saturated rings. The maximum absolute atomic E-state index is 4.83. The maximum Gasteiger partial charge on any atom is 0.209 e. The molecule has 0 aliphatic heterocycles. The summed E-state index contributed by atoms with van der Waals surface area (Å²) in [5.74, 6) is 0. The van der Waals surface area contributed by atoms with Gasteiger partial charge in [0.05, 0.1) is 5.69 Å². The molecular formula is C21H28N2S. The maximum atomic E-state index is 4.83. The largest absolute Gasteiger partial charge is 0.227 e. The molecule has 1 aliphatic rings. The van der Waals surface area contributed by atoms with Crippen molar-refractivity contribution in [1.29, 1.82) is 0 Å². The summed E-state index contributed by atoms with van der Waals surface area (Å²) in [6, 6.07) is 8.48. The molecule has 0 bridgehead atoms. The Morgan fingerprint density at radius 2 is 1.50 bits per heavy atom. The minimum absolute atomic E-state index is 0.926. The minimum atomic E-state index is 0.926. The lowest BCUT2D eigenvalue weighted by Gasteiger charge is -2.06. The molecule has 0 atom stereocenters. The molecule has 0 amide bonds. The number of thiazole rings is 1. The Labute approximate surface area is 150 Å². The molecule has 0 N–H and O–H groups in total. The fraction of sp³-hybridized carbons (Fsp3) is 0.524. The zero-order valence-electron chi connectivity index (χ0n) is 14.8. The third-order valence-corrected chi connectivity index (χ3v) is 5.80. The first-order chi connectivity index (χ1) is 11.8. The Balaban J connectivity index is 1.70. The van der Waals surface area contributed by atoms with E-state index in [0.717, 1.165) is 17.1 Å². The zero-order chi connectivity index (χ0) is 16.6. The molecule has 1 aromatic carbocycles. The molecule has 1 aromatic heterocycles. The average Bonchev–Trinajstić information content (AvgIpc) is 2.96. The van der Waals surface area contributed by atoms with Crippen LogP contribution in [0.4, 0.5) is 5.13 Å². The summed E-state index contributed by atoms with van der Waals surface area (Å²) in [6.45, 7) is 2.11. The van der Waals surface area contributed by atoms with Gasteiger partial charge in [0.25, 0.3) is 0 Å². The summed E-state index contributed by atoms with van der Waals surface area (Å²) in [5, 5.41) is 0.926. The first-order valence-electron chi connectivity index (χ1n) is 9.40. The van der Waals surface area contributed by atoms with Crippen molar-refractivity contribution in [2.75, 3.05) is 0 Å². The van der Waals surface area contributed by atoms with Crippen molar-refractivity contribution < 1.29 is 0 Å². The van der Waals surface area contributed by atoms with Gasteiger partial charge in [-0.25, -0.2) is 9.98 Å². The molecule has 1 aliphatic carbocycles. The summed E-state index contributed by atoms with van der Waals surface area (Å²) in [7, 11) is 0. The lowest BCUT2D eigenvalue weighted by Crippen LogP contribution is -1.94. The second-order valence-corrected chi connectivity index (χ2v) is 7.93. The van der Waals surface area contributed by atoms with Gasteiger partial charge in [0.15, 0.2) is 0 Å². The number of nitrogens with zero attached hydrogens (tertiary/aromatic N) is 2. The molecule has 0 saturated carbocycles. The number of hydrogen-bond donors (Lipinski definition) is 0. The van der Waals surface area contributed by atoms with Gasteiger partial charge < -0.3 is 0 Å². The van der Waals surface area contributed by atoms with Gasteiger partial charge in [-0.15, -0.1) is 0 Å². The fourth-order valence-electron chi connectivity index (χ4n) is 3.24. The van der Waals surface area contributed by atoms with Crippen molar-refractivity contribution in [3.8, 4) is 0 Å². The SMILES string of the molecule is Cc1ccc(C=Nc2nc3c(s2)CCCCCCCCCC3)cc1. The van der Waals surface area contributed by atoms with Crippen molar-refractivity contribution in [2.45, 2.75) is 71.1 Å². The highest BCUT2D eigenvalue weighted by atomic mass is 32.1. The summed E-state index contributed by atoms with van der Waals surface area (Å²) in [5.41, 5.74) is 3.74. The number of rotatable bonds is 2. The number of aryl methyl sites for hydroxylation is 3. The lowest BCUT2D eigenvalue weighted by molar-refractivity contribution is 0.559. The van der Waals surface area contributed by atoms with Gasteiger partial charge in [-0.1, -0.05) is 79.7 Å². The Morgan fingerprint density at radius 1 is 0.875 bits per heavy atom. The fourth-order valence-corrected chi connectivity index (χ4v) is 4.23. The Hall–Kier alpha value is -1.48. The average molecular weight is 341 g/mol. The molecule has 2 aromatic rings. The van der Waals surface area contributed by atoms with Gasteiger partial charge >= 0.3 is 0 Å². The highest BCUT2D eigenvalue weighted by molar-refractivity contribution is 7.15. The predicted octanol–water partition coefficient (Wildman–Crippen LogP) is 6.42. The van der Waals surface area contributed by atoms with Gasteiger partial charge in [0, 0.05) is 11.1 Å². The predicted molar refractivity (Wildman–Crippen MR) is 105 cm³/mol. The number of hydrogen-bond acceptors (Lipinski definition) is 3. The van der Waals surface area contributed by atoms with Gasteiger partial charge in [-0.3, -0.25) is 0 Å². The molecule has 0 spiro atoms. The molecule has 3 heteroatoms. The van der Waals surface area contributed by atoms with Crippen molar-refractivity contribution in [1.82, 2.24) is 4.98 Å². The molecule has 0 saturated heterocycles. The van der Waals surface area contributed by atoms with Crippen LogP contribution in [0.15, 0.2) is 29.3 Å². The van der Waals surface area contributed by atoms with Gasteiger partial charge in [-0.05, 0) is 38.2 Å². The second kappa shape index (κ2) is 9.12. The van der Waals surface area contributed by atoms with Crippen LogP contribution in [0.25, 0.3) is 0 Å². The van der Waals surface area contributed by atoms with Crippen LogP contribution in [0, 0.1) is 6.92 Å². The van der Waals surface area contributed by atoms with Crippen LogP contribution in [-0.4, -0.2) is 11.2 Å². The molecule has 3 rings (SSSR count). The van der Waals surface area contributed by atoms with E-state index in [2.05, 4.69) is 36.2 Å². The smallest absolute Gasteiger partial charge is 0.209 e. The summed E-state index contributed by atoms with van der Waals surface area (Å²) in [4.78, 5) is 10.9. The van der Waals surface area contributed by atoms with E-state index in [-0.39, 0.29) is 0 Å². The summed E-state index contributed by atoms with van der Waals surface area (Å²) < 4.78 is 0. The van der Waals surface area contributed by atoms with Gasteiger partial charge in [0.1, 0.15) is 0 Å². The van der Waals surface area contributed by atoms with E-state index in [9.17, 15) is 0 Å². The number of benzene rings is 1. The van der Waals surface area contributed by atoms with Crippen LogP contribution < -0.4 is 0 Å². The summed E-state index contributed by atoms with van der Waals surface area (Å²) in [6.07, 6.45) is 15.2. The van der Waals surface area contributed by atoms with E-state index in [1.165, 1.54) is 73.9 Å². The van der Waals surface area contributed by atoms with E-state index in [0.29, 0.717) is 0 Å². The van der Waals surface area contributed by atoms with E-state index in [1.807, 2.05) is 6.21 Å². The van der Waals surface area contributed by atoms with Gasteiger partial charge in [0.2, 0.25) is 5.13 Å². The van der Waals surface area contributed by atoms with Crippen molar-refractivity contribution >= 4 is 22.7 Å². The Kier molecular flexibility index (Phi) is 6.59. The monoisotopic (exact) mass is 340 g/mol. The van der Waals surface area contributed by atoms with Crippen molar-refractivity contribution in [3.63, 3.8) is 0 Å². The quantitative estimate of drug-likeness (QED) is 0.579. The molecule has 24 heavy (non-hydrogen) atoms. The molecule has 0 radical (unpaired) electrons. The topological polar surface area (TPSA) is 25.2 Å². The Morgan fingerprint density at radius 3 is 2.21 bits per heavy atom. The number of aromatic nitrogens is 1. The molecule has 128 valence electrons. The zero-order valence-corrected chi connectivity index (χ0v) is 15.6. The number of aliphatic imine (C=N–C) groups is 1.